The number of aryl methyl sites for hydroxylation is 1. The van der Waals surface area contributed by atoms with E-state index in [1.54, 1.807) is 23.7 Å². The molecule has 3 aromatic rings. The number of carbonyl (C=O) groups is 1. The molecule has 2 N–H and O–H groups in total. The van der Waals surface area contributed by atoms with Gasteiger partial charge >= 0.3 is 0 Å². The second-order valence-corrected chi connectivity index (χ2v) is 8.04. The Kier molecular flexibility index (Phi) is 4.73. The van der Waals surface area contributed by atoms with Crippen molar-refractivity contribution >= 4 is 29.0 Å². The standard InChI is InChI=1S/C17H19N5O2S2/c1-11-12(6-8-24-11)16-19-20-17(22(16)18)26-10-15(23)21-7-2-4-13(21)14-5-3-9-25-14/h3,5-6,8-9,13H,2,4,7,10,18H2,1H3. The summed E-state index contributed by atoms with van der Waals surface area (Å²) in [5, 5.41) is 10.8. The van der Waals surface area contributed by atoms with Crippen molar-refractivity contribution in [3.05, 3.63) is 40.5 Å². The summed E-state index contributed by atoms with van der Waals surface area (Å²) in [6.07, 6.45) is 3.65. The predicted octanol–water partition coefficient (Wildman–Crippen LogP) is 3.08. The molecule has 1 saturated heterocycles. The van der Waals surface area contributed by atoms with Gasteiger partial charge in [0.15, 0.2) is 5.82 Å². The number of nitrogens with two attached hydrogens (primary N) is 1. The minimum absolute atomic E-state index is 0.106. The van der Waals surface area contributed by atoms with E-state index in [1.165, 1.54) is 21.3 Å². The number of thiophene rings is 1. The van der Waals surface area contributed by atoms with E-state index in [-0.39, 0.29) is 11.9 Å². The van der Waals surface area contributed by atoms with Gasteiger partial charge in [0, 0.05) is 11.4 Å². The molecule has 0 aromatic carbocycles. The zero-order valence-electron chi connectivity index (χ0n) is 14.3. The van der Waals surface area contributed by atoms with Crippen LogP contribution in [0.15, 0.2) is 39.4 Å². The number of amides is 1. The van der Waals surface area contributed by atoms with Gasteiger partial charge in [-0.2, -0.15) is 0 Å². The molecular formula is C17H19N5O2S2. The van der Waals surface area contributed by atoms with Crippen molar-refractivity contribution in [2.24, 2.45) is 0 Å². The van der Waals surface area contributed by atoms with E-state index in [4.69, 9.17) is 10.3 Å². The van der Waals surface area contributed by atoms with Gasteiger partial charge in [-0.15, -0.1) is 21.5 Å². The van der Waals surface area contributed by atoms with Gasteiger partial charge in [-0.1, -0.05) is 17.8 Å². The van der Waals surface area contributed by atoms with Crippen LogP contribution in [0.2, 0.25) is 0 Å². The summed E-state index contributed by atoms with van der Waals surface area (Å²) in [4.78, 5) is 15.9. The zero-order valence-corrected chi connectivity index (χ0v) is 15.9. The van der Waals surface area contributed by atoms with Gasteiger partial charge in [0.1, 0.15) is 5.76 Å². The maximum absolute atomic E-state index is 12.7. The SMILES string of the molecule is Cc1occc1-c1nnc(SCC(=O)N2CCCC2c2cccs2)n1N. The van der Waals surface area contributed by atoms with Crippen LogP contribution >= 0.6 is 23.1 Å². The van der Waals surface area contributed by atoms with Crippen molar-refractivity contribution in [1.82, 2.24) is 19.8 Å². The first-order valence-corrected chi connectivity index (χ1v) is 10.2. The smallest absolute Gasteiger partial charge is 0.233 e. The fourth-order valence-electron chi connectivity index (χ4n) is 3.23. The Hall–Kier alpha value is -2.26. The van der Waals surface area contributed by atoms with Gasteiger partial charge < -0.3 is 15.2 Å². The van der Waals surface area contributed by atoms with Crippen LogP contribution in [0.4, 0.5) is 0 Å². The Labute approximate surface area is 159 Å². The monoisotopic (exact) mass is 389 g/mol. The highest BCUT2D eigenvalue weighted by atomic mass is 32.2. The summed E-state index contributed by atoms with van der Waals surface area (Å²) in [6, 6.07) is 6.14. The lowest BCUT2D eigenvalue weighted by Crippen LogP contribution is -2.31. The molecule has 0 saturated carbocycles. The van der Waals surface area contributed by atoms with E-state index >= 15 is 0 Å². The molecule has 0 spiro atoms. The molecule has 0 bridgehead atoms. The topological polar surface area (TPSA) is 90.2 Å². The number of nitrogen functional groups attached to an aromatic ring is 1. The Morgan fingerprint density at radius 1 is 1.46 bits per heavy atom. The van der Waals surface area contributed by atoms with Crippen LogP contribution in [-0.2, 0) is 4.79 Å². The van der Waals surface area contributed by atoms with Gasteiger partial charge in [0.2, 0.25) is 11.1 Å². The lowest BCUT2D eigenvalue weighted by atomic mass is 10.2. The van der Waals surface area contributed by atoms with Crippen molar-refractivity contribution in [3.8, 4) is 11.4 Å². The zero-order chi connectivity index (χ0) is 18.1. The van der Waals surface area contributed by atoms with Crippen LogP contribution in [0.3, 0.4) is 0 Å². The first kappa shape index (κ1) is 17.2. The molecule has 1 aliphatic rings. The number of nitrogens with zero attached hydrogens (tertiary/aromatic N) is 4. The molecule has 0 radical (unpaired) electrons. The number of furan rings is 1. The average molecular weight is 390 g/mol. The molecule has 1 atom stereocenters. The minimum Gasteiger partial charge on any atom is -0.469 e. The molecule has 136 valence electrons. The third kappa shape index (κ3) is 3.12. The van der Waals surface area contributed by atoms with E-state index in [2.05, 4.69) is 21.6 Å². The highest BCUT2D eigenvalue weighted by Crippen LogP contribution is 2.35. The first-order chi connectivity index (χ1) is 12.6. The number of thioether (sulfide) groups is 1. The van der Waals surface area contributed by atoms with Crippen molar-refractivity contribution < 1.29 is 9.21 Å². The highest BCUT2D eigenvalue weighted by molar-refractivity contribution is 7.99. The van der Waals surface area contributed by atoms with Crippen LogP contribution in [0.1, 0.15) is 29.5 Å². The Bertz CT molecular complexity index is 902. The minimum atomic E-state index is 0.106. The molecular weight excluding hydrogens is 370 g/mol. The maximum atomic E-state index is 12.7. The van der Waals surface area contributed by atoms with Crippen molar-refractivity contribution in [2.75, 3.05) is 18.1 Å². The van der Waals surface area contributed by atoms with E-state index < -0.39 is 0 Å². The number of hydrogen-bond donors (Lipinski definition) is 1. The largest absolute Gasteiger partial charge is 0.469 e. The van der Waals surface area contributed by atoms with Gasteiger partial charge in [0.25, 0.3) is 0 Å². The number of hydrogen-bond acceptors (Lipinski definition) is 7. The quantitative estimate of drug-likeness (QED) is 0.533. The van der Waals surface area contributed by atoms with E-state index in [9.17, 15) is 4.79 Å². The predicted molar refractivity (Wildman–Crippen MR) is 101 cm³/mol. The molecule has 4 rings (SSSR count). The molecule has 1 unspecified atom stereocenters. The van der Waals surface area contributed by atoms with Gasteiger partial charge in [-0.3, -0.25) is 4.79 Å². The molecule has 7 nitrogen and oxygen atoms in total. The van der Waals surface area contributed by atoms with Crippen LogP contribution in [0.25, 0.3) is 11.4 Å². The molecule has 26 heavy (non-hydrogen) atoms. The molecule has 0 aliphatic carbocycles. The summed E-state index contributed by atoms with van der Waals surface area (Å²) < 4.78 is 6.71. The summed E-state index contributed by atoms with van der Waals surface area (Å²) in [5.74, 6) is 7.77. The van der Waals surface area contributed by atoms with E-state index in [1.807, 2.05) is 17.9 Å². The number of carbonyl (C=O) groups excluding carboxylic acids is 1. The number of likely N-dealkylation sites (tertiary alicyclic amines) is 1. The second-order valence-electron chi connectivity index (χ2n) is 6.12. The third-order valence-corrected chi connectivity index (χ3v) is 6.44. The van der Waals surface area contributed by atoms with Crippen LogP contribution in [0.5, 0.6) is 0 Å². The molecule has 1 amide bonds. The lowest BCUT2D eigenvalue weighted by Gasteiger charge is -2.23. The Balaban J connectivity index is 1.44. The van der Waals surface area contributed by atoms with Crippen molar-refractivity contribution in [1.29, 1.82) is 0 Å². The number of rotatable bonds is 5. The highest BCUT2D eigenvalue weighted by Gasteiger charge is 2.30. The summed E-state index contributed by atoms with van der Waals surface area (Å²) >= 11 is 3.02. The van der Waals surface area contributed by atoms with Gasteiger partial charge in [-0.25, -0.2) is 4.68 Å². The second kappa shape index (κ2) is 7.16. The summed E-state index contributed by atoms with van der Waals surface area (Å²) in [6.45, 7) is 2.65. The third-order valence-electron chi connectivity index (χ3n) is 4.53. The number of aromatic nitrogens is 3. The van der Waals surface area contributed by atoms with Crippen LogP contribution < -0.4 is 5.84 Å². The van der Waals surface area contributed by atoms with Crippen LogP contribution in [0, 0.1) is 6.92 Å². The fourth-order valence-corrected chi connectivity index (χ4v) is 4.84. The first-order valence-electron chi connectivity index (χ1n) is 8.36. The normalized spacial score (nSPS) is 17.1. The molecule has 4 heterocycles. The fraction of sp³-hybridized carbons (Fsp3) is 0.353. The maximum Gasteiger partial charge on any atom is 0.233 e. The van der Waals surface area contributed by atoms with Crippen molar-refractivity contribution in [3.63, 3.8) is 0 Å². The molecule has 1 fully saturated rings. The molecule has 1 aliphatic heterocycles. The Morgan fingerprint density at radius 2 is 2.35 bits per heavy atom. The lowest BCUT2D eigenvalue weighted by molar-refractivity contribution is -0.129. The van der Waals surface area contributed by atoms with E-state index in [0.29, 0.717) is 16.7 Å². The summed E-state index contributed by atoms with van der Waals surface area (Å²) in [7, 11) is 0. The van der Waals surface area contributed by atoms with Gasteiger partial charge in [0.05, 0.1) is 23.6 Å². The summed E-state index contributed by atoms with van der Waals surface area (Å²) in [5.41, 5.74) is 0.801. The average Bonchev–Trinajstić information content (AvgIpc) is 3.40. The molecule has 9 heteroatoms. The van der Waals surface area contributed by atoms with Crippen LogP contribution in [-0.4, -0.2) is 38.0 Å². The van der Waals surface area contributed by atoms with E-state index in [0.717, 1.165) is 30.7 Å². The molecule has 3 aromatic heterocycles. The van der Waals surface area contributed by atoms with Gasteiger partial charge in [-0.05, 0) is 37.3 Å². The van der Waals surface area contributed by atoms with Crippen molar-refractivity contribution in [2.45, 2.75) is 31.0 Å². The Morgan fingerprint density at radius 3 is 3.08 bits per heavy atom.